The second-order valence-electron chi connectivity index (χ2n) is 5.82. The first-order valence-electron chi connectivity index (χ1n) is 7.98. The number of furan rings is 1. The highest BCUT2D eigenvalue weighted by Gasteiger charge is 2.23. The summed E-state index contributed by atoms with van der Waals surface area (Å²) >= 11 is 5.20. The van der Waals surface area contributed by atoms with Crippen molar-refractivity contribution in [3.63, 3.8) is 0 Å². The summed E-state index contributed by atoms with van der Waals surface area (Å²) in [5.74, 6) is 1.84. The Morgan fingerprint density at radius 3 is 3.08 bits per heavy atom. The van der Waals surface area contributed by atoms with Crippen molar-refractivity contribution < 1.29 is 9.21 Å². The Labute approximate surface area is 157 Å². The zero-order valence-electron chi connectivity index (χ0n) is 13.3. The molecule has 4 rings (SSSR count). The average molecular weight is 418 g/mol. The number of rotatable bonds is 4. The number of fused-ring (bicyclic) bond motifs is 1. The topological polar surface area (TPSA) is 60.1 Å². The average Bonchev–Trinajstić information content (AvgIpc) is 3.25. The fourth-order valence-electron chi connectivity index (χ4n) is 2.89. The van der Waals surface area contributed by atoms with Crippen molar-refractivity contribution in [1.82, 2.24) is 15.1 Å². The number of amides is 1. The summed E-state index contributed by atoms with van der Waals surface area (Å²) in [5, 5.41) is 7.29. The molecule has 1 atom stereocenters. The quantitative estimate of drug-likeness (QED) is 0.688. The van der Waals surface area contributed by atoms with Crippen molar-refractivity contribution in [1.29, 1.82) is 0 Å². The van der Waals surface area contributed by atoms with Gasteiger partial charge < -0.3 is 9.73 Å². The van der Waals surface area contributed by atoms with Crippen LogP contribution in [0.5, 0.6) is 0 Å². The standard InChI is InChI=1S/C18H16BrN3O2S/c19-12-9-20-22(10-12)11-13-5-6-16(24-13)18(23)21-15-7-8-25-17-4-2-1-3-14(15)17/h1-6,9-10,15H,7-8,11H2,(H,21,23). The van der Waals surface area contributed by atoms with Crippen molar-refractivity contribution in [2.45, 2.75) is 23.9 Å². The number of thioether (sulfide) groups is 1. The highest BCUT2D eigenvalue weighted by Crippen LogP contribution is 2.35. The molecule has 0 saturated heterocycles. The number of benzene rings is 1. The van der Waals surface area contributed by atoms with Gasteiger partial charge in [0.1, 0.15) is 5.76 Å². The van der Waals surface area contributed by atoms with Crippen molar-refractivity contribution in [2.24, 2.45) is 0 Å². The van der Waals surface area contributed by atoms with Crippen LogP contribution in [-0.4, -0.2) is 21.4 Å². The maximum absolute atomic E-state index is 12.6. The third kappa shape index (κ3) is 3.67. The van der Waals surface area contributed by atoms with E-state index in [2.05, 4.69) is 38.5 Å². The van der Waals surface area contributed by atoms with E-state index in [0.29, 0.717) is 18.1 Å². The summed E-state index contributed by atoms with van der Waals surface area (Å²) in [5.41, 5.74) is 1.18. The van der Waals surface area contributed by atoms with Gasteiger partial charge in [0.2, 0.25) is 0 Å². The predicted molar refractivity (Wildman–Crippen MR) is 99.7 cm³/mol. The smallest absolute Gasteiger partial charge is 0.287 e. The lowest BCUT2D eigenvalue weighted by Crippen LogP contribution is -2.30. The normalized spacial score (nSPS) is 16.4. The van der Waals surface area contributed by atoms with Gasteiger partial charge in [0.05, 0.1) is 23.3 Å². The van der Waals surface area contributed by atoms with E-state index in [1.165, 1.54) is 10.5 Å². The van der Waals surface area contributed by atoms with E-state index in [1.54, 1.807) is 16.9 Å². The molecule has 1 aromatic carbocycles. The van der Waals surface area contributed by atoms with Crippen LogP contribution >= 0.6 is 27.7 Å². The molecule has 0 fully saturated rings. The van der Waals surface area contributed by atoms with E-state index >= 15 is 0 Å². The number of hydrogen-bond donors (Lipinski definition) is 1. The summed E-state index contributed by atoms with van der Waals surface area (Å²) in [6.45, 7) is 0.488. The zero-order chi connectivity index (χ0) is 17.2. The van der Waals surface area contributed by atoms with Crippen molar-refractivity contribution in [3.8, 4) is 0 Å². The van der Waals surface area contributed by atoms with E-state index in [9.17, 15) is 4.79 Å². The Morgan fingerprint density at radius 1 is 1.36 bits per heavy atom. The van der Waals surface area contributed by atoms with Crippen LogP contribution in [-0.2, 0) is 6.54 Å². The molecule has 1 aliphatic heterocycles. The van der Waals surface area contributed by atoms with Crippen LogP contribution in [0.25, 0.3) is 0 Å². The van der Waals surface area contributed by atoms with Gasteiger partial charge in [-0.1, -0.05) is 18.2 Å². The molecule has 1 unspecified atom stereocenters. The number of nitrogens with one attached hydrogen (secondary N) is 1. The van der Waals surface area contributed by atoms with E-state index in [4.69, 9.17) is 4.42 Å². The molecule has 1 aliphatic rings. The fraction of sp³-hybridized carbons (Fsp3) is 0.222. The van der Waals surface area contributed by atoms with Crippen molar-refractivity contribution in [3.05, 3.63) is 70.3 Å². The summed E-state index contributed by atoms with van der Waals surface area (Å²) in [7, 11) is 0. The molecule has 0 saturated carbocycles. The second-order valence-corrected chi connectivity index (χ2v) is 7.88. The summed E-state index contributed by atoms with van der Waals surface area (Å²) < 4.78 is 8.35. The minimum absolute atomic E-state index is 0.0283. The molecule has 3 heterocycles. The highest BCUT2D eigenvalue weighted by molar-refractivity contribution is 9.10. The second kappa shape index (κ2) is 7.09. The van der Waals surface area contributed by atoms with Crippen LogP contribution in [0.3, 0.4) is 0 Å². The van der Waals surface area contributed by atoms with Gasteiger partial charge in [0.15, 0.2) is 5.76 Å². The molecule has 1 amide bonds. The van der Waals surface area contributed by atoms with Gasteiger partial charge in [-0.25, -0.2) is 0 Å². The molecular weight excluding hydrogens is 402 g/mol. The molecule has 0 bridgehead atoms. The van der Waals surface area contributed by atoms with Gasteiger partial charge in [-0.3, -0.25) is 9.48 Å². The van der Waals surface area contributed by atoms with E-state index < -0.39 is 0 Å². The Balaban J connectivity index is 1.45. The van der Waals surface area contributed by atoms with Crippen LogP contribution in [0.1, 0.15) is 34.3 Å². The lowest BCUT2D eigenvalue weighted by atomic mass is 10.0. The van der Waals surface area contributed by atoms with Gasteiger partial charge in [-0.15, -0.1) is 11.8 Å². The van der Waals surface area contributed by atoms with Gasteiger partial charge in [-0.2, -0.15) is 5.10 Å². The lowest BCUT2D eigenvalue weighted by molar-refractivity contribution is 0.0905. The minimum atomic E-state index is -0.181. The minimum Gasteiger partial charge on any atom is -0.454 e. The molecule has 7 heteroatoms. The number of halogens is 1. The molecule has 1 N–H and O–H groups in total. The summed E-state index contributed by atoms with van der Waals surface area (Å²) in [6, 6.07) is 11.8. The van der Waals surface area contributed by atoms with Crippen LogP contribution in [0, 0.1) is 0 Å². The third-order valence-electron chi connectivity index (χ3n) is 4.07. The molecule has 0 aliphatic carbocycles. The SMILES string of the molecule is O=C(NC1CCSc2ccccc21)c1ccc(Cn2cc(Br)cn2)o1. The lowest BCUT2D eigenvalue weighted by Gasteiger charge is -2.25. The van der Waals surface area contributed by atoms with Crippen LogP contribution in [0.2, 0.25) is 0 Å². The Bertz CT molecular complexity index is 905. The van der Waals surface area contributed by atoms with Gasteiger partial charge >= 0.3 is 0 Å². The van der Waals surface area contributed by atoms with E-state index in [1.807, 2.05) is 36.2 Å². The molecule has 5 nitrogen and oxygen atoms in total. The largest absolute Gasteiger partial charge is 0.454 e. The molecule has 2 aromatic heterocycles. The highest BCUT2D eigenvalue weighted by atomic mass is 79.9. The molecule has 0 spiro atoms. The summed E-state index contributed by atoms with van der Waals surface area (Å²) in [6.07, 6.45) is 4.50. The van der Waals surface area contributed by atoms with Gasteiger partial charge in [0.25, 0.3) is 5.91 Å². The summed E-state index contributed by atoms with van der Waals surface area (Å²) in [4.78, 5) is 13.8. The van der Waals surface area contributed by atoms with Crippen molar-refractivity contribution in [2.75, 3.05) is 5.75 Å². The van der Waals surface area contributed by atoms with E-state index in [0.717, 1.165) is 16.6 Å². The Kier molecular flexibility index (Phi) is 4.67. The number of carbonyl (C=O) groups is 1. The Hall–Kier alpha value is -1.99. The molecule has 128 valence electrons. The van der Waals surface area contributed by atoms with Crippen LogP contribution in [0.15, 0.2) is 62.6 Å². The monoisotopic (exact) mass is 417 g/mol. The van der Waals surface area contributed by atoms with Gasteiger partial charge in [-0.05, 0) is 46.1 Å². The van der Waals surface area contributed by atoms with Crippen LogP contribution < -0.4 is 5.32 Å². The zero-order valence-corrected chi connectivity index (χ0v) is 15.7. The first-order valence-corrected chi connectivity index (χ1v) is 9.76. The number of hydrogen-bond acceptors (Lipinski definition) is 4. The molecule has 25 heavy (non-hydrogen) atoms. The first kappa shape index (κ1) is 16.5. The van der Waals surface area contributed by atoms with Crippen LogP contribution in [0.4, 0.5) is 0 Å². The fourth-order valence-corrected chi connectivity index (χ4v) is 4.34. The third-order valence-corrected chi connectivity index (χ3v) is 5.60. The van der Waals surface area contributed by atoms with E-state index in [-0.39, 0.29) is 11.9 Å². The maximum atomic E-state index is 12.6. The molecule has 0 radical (unpaired) electrons. The van der Waals surface area contributed by atoms with Crippen molar-refractivity contribution >= 4 is 33.6 Å². The number of nitrogens with zero attached hydrogens (tertiary/aromatic N) is 2. The maximum Gasteiger partial charge on any atom is 0.287 e. The number of aromatic nitrogens is 2. The number of carbonyl (C=O) groups excluding carboxylic acids is 1. The van der Waals surface area contributed by atoms with Gasteiger partial charge in [0, 0.05) is 16.8 Å². The molecular formula is C18H16BrN3O2S. The molecule has 3 aromatic rings. The Morgan fingerprint density at radius 2 is 2.24 bits per heavy atom. The predicted octanol–water partition coefficient (Wildman–Crippen LogP) is 4.25. The first-order chi connectivity index (χ1) is 12.2.